The van der Waals surface area contributed by atoms with Gasteiger partial charge >= 0.3 is 0 Å². The number of nitrogens with one attached hydrogen (secondary N) is 1. The molecule has 2 fully saturated rings. The standard InChI is InChI=1S/C23H40N6O6/c24-10-15-19(31)20(32)16(27)23(34-15)35-21-13(26)9-12(25)18(30)22(21)33-8-7-28-14-5-1-3-11-4-2-6-29-17(11)14/h2,4,6,12-16,18-23,28,30-32H,1,3,5,7-10,24-27H2/t12-,13+,14?,15-,16-,18+,19-,20-,21-,22-,23-/m1/s1. The van der Waals surface area contributed by atoms with Crippen molar-refractivity contribution in [3.63, 3.8) is 0 Å². The minimum Gasteiger partial charge on any atom is -0.389 e. The number of aryl methyl sites for hydroxylation is 1. The van der Waals surface area contributed by atoms with E-state index in [0.717, 1.165) is 25.0 Å². The van der Waals surface area contributed by atoms with Crippen molar-refractivity contribution in [3.05, 3.63) is 29.6 Å². The fourth-order valence-corrected chi connectivity index (χ4v) is 5.30. The highest BCUT2D eigenvalue weighted by Gasteiger charge is 2.48. The van der Waals surface area contributed by atoms with Crippen LogP contribution in [0.5, 0.6) is 0 Å². The molecule has 2 aliphatic carbocycles. The summed E-state index contributed by atoms with van der Waals surface area (Å²) >= 11 is 0. The Kier molecular flexibility index (Phi) is 9.05. The van der Waals surface area contributed by atoms with Gasteiger partial charge in [-0.15, -0.1) is 0 Å². The van der Waals surface area contributed by atoms with Gasteiger partial charge in [0, 0.05) is 37.4 Å². The molecule has 0 spiro atoms. The first kappa shape index (κ1) is 26.8. The van der Waals surface area contributed by atoms with Crippen LogP contribution in [0, 0.1) is 0 Å². The quantitative estimate of drug-likeness (QED) is 0.169. The van der Waals surface area contributed by atoms with Crippen LogP contribution in [0.3, 0.4) is 0 Å². The molecule has 4 rings (SSSR count). The lowest BCUT2D eigenvalue weighted by atomic mass is 9.84. The molecule has 1 unspecified atom stereocenters. The lowest BCUT2D eigenvalue weighted by molar-refractivity contribution is -0.291. The molecule has 35 heavy (non-hydrogen) atoms. The van der Waals surface area contributed by atoms with Crippen LogP contribution in [0.4, 0.5) is 0 Å². The third kappa shape index (κ3) is 5.84. The van der Waals surface area contributed by atoms with E-state index >= 15 is 0 Å². The number of hydrogen-bond donors (Lipinski definition) is 8. The average molecular weight is 497 g/mol. The Morgan fingerprint density at radius 3 is 2.66 bits per heavy atom. The second-order valence-corrected chi connectivity index (χ2v) is 9.77. The van der Waals surface area contributed by atoms with Crippen LogP contribution in [0.15, 0.2) is 18.3 Å². The van der Waals surface area contributed by atoms with Crippen molar-refractivity contribution in [1.82, 2.24) is 10.3 Å². The number of nitrogens with two attached hydrogens (primary N) is 4. The molecular weight excluding hydrogens is 456 g/mol. The van der Waals surface area contributed by atoms with E-state index in [4.69, 9.17) is 37.1 Å². The molecule has 198 valence electrons. The molecule has 2 heterocycles. The average Bonchev–Trinajstić information content (AvgIpc) is 2.86. The van der Waals surface area contributed by atoms with E-state index in [1.807, 2.05) is 12.3 Å². The van der Waals surface area contributed by atoms with Crippen molar-refractivity contribution in [2.24, 2.45) is 22.9 Å². The van der Waals surface area contributed by atoms with Crippen molar-refractivity contribution >= 4 is 0 Å². The maximum atomic E-state index is 10.8. The van der Waals surface area contributed by atoms with Crippen LogP contribution >= 0.6 is 0 Å². The molecule has 1 aromatic rings. The summed E-state index contributed by atoms with van der Waals surface area (Å²) in [6.07, 6.45) is -1.87. The van der Waals surface area contributed by atoms with Crippen LogP contribution in [-0.2, 0) is 20.6 Å². The van der Waals surface area contributed by atoms with Gasteiger partial charge in [0.15, 0.2) is 6.29 Å². The van der Waals surface area contributed by atoms with Crippen LogP contribution < -0.4 is 28.3 Å². The Morgan fingerprint density at radius 1 is 1.09 bits per heavy atom. The summed E-state index contributed by atoms with van der Waals surface area (Å²) in [5.41, 5.74) is 26.5. The van der Waals surface area contributed by atoms with Gasteiger partial charge in [-0.25, -0.2) is 0 Å². The van der Waals surface area contributed by atoms with Gasteiger partial charge in [-0.3, -0.25) is 4.98 Å². The minimum atomic E-state index is -1.29. The van der Waals surface area contributed by atoms with Crippen molar-refractivity contribution < 1.29 is 29.5 Å². The number of rotatable bonds is 8. The van der Waals surface area contributed by atoms with Crippen LogP contribution in [0.25, 0.3) is 0 Å². The lowest BCUT2D eigenvalue weighted by Crippen LogP contribution is -2.67. The summed E-state index contributed by atoms with van der Waals surface area (Å²) in [5, 5.41) is 34.7. The molecule has 1 saturated heterocycles. The maximum Gasteiger partial charge on any atom is 0.176 e. The van der Waals surface area contributed by atoms with Crippen molar-refractivity contribution in [2.75, 3.05) is 19.7 Å². The number of aliphatic hydroxyl groups is 3. The van der Waals surface area contributed by atoms with E-state index < -0.39 is 61.0 Å². The van der Waals surface area contributed by atoms with E-state index in [0.29, 0.717) is 13.0 Å². The topological polar surface area (TPSA) is 217 Å². The molecule has 0 amide bonds. The summed E-state index contributed by atoms with van der Waals surface area (Å²) in [7, 11) is 0. The van der Waals surface area contributed by atoms with Gasteiger partial charge in [0.2, 0.25) is 0 Å². The van der Waals surface area contributed by atoms with E-state index in [2.05, 4.69) is 16.4 Å². The highest BCUT2D eigenvalue weighted by atomic mass is 16.7. The minimum absolute atomic E-state index is 0.0280. The SMILES string of the molecule is NC[C@H]1O[C@H](O[C@H]2[C@H](OCCNC3CCCc4cccnc43)[C@@H](O)[C@H](N)C[C@@H]2N)[C@H](N)[C@@H](O)[C@@H]1O. The molecule has 1 aromatic heterocycles. The van der Waals surface area contributed by atoms with Crippen LogP contribution in [0.1, 0.15) is 36.6 Å². The summed E-state index contributed by atoms with van der Waals surface area (Å²) < 4.78 is 17.8. The molecule has 12 N–H and O–H groups in total. The summed E-state index contributed by atoms with van der Waals surface area (Å²) in [5.74, 6) is 0. The van der Waals surface area contributed by atoms with E-state index in [9.17, 15) is 15.3 Å². The fourth-order valence-electron chi connectivity index (χ4n) is 5.30. The molecule has 0 aromatic carbocycles. The second kappa shape index (κ2) is 11.8. The zero-order valence-corrected chi connectivity index (χ0v) is 19.9. The number of aliphatic hydroxyl groups excluding tert-OH is 3. The molecule has 12 heteroatoms. The van der Waals surface area contributed by atoms with Gasteiger partial charge in [-0.2, -0.15) is 0 Å². The molecule has 0 bridgehead atoms. The highest BCUT2D eigenvalue weighted by molar-refractivity contribution is 5.25. The van der Waals surface area contributed by atoms with Gasteiger partial charge in [0.25, 0.3) is 0 Å². The monoisotopic (exact) mass is 496 g/mol. The predicted octanol–water partition coefficient (Wildman–Crippen LogP) is -3.03. The normalized spacial score (nSPS) is 42.0. The molecule has 1 aliphatic heterocycles. The van der Waals surface area contributed by atoms with Crippen molar-refractivity contribution in [1.29, 1.82) is 0 Å². The molecule has 1 saturated carbocycles. The number of ether oxygens (including phenoxy) is 3. The predicted molar refractivity (Wildman–Crippen MR) is 127 cm³/mol. The van der Waals surface area contributed by atoms with Gasteiger partial charge in [0.05, 0.1) is 24.4 Å². The Balaban J connectivity index is 1.37. The molecule has 3 aliphatic rings. The third-order valence-electron chi connectivity index (χ3n) is 7.34. The van der Waals surface area contributed by atoms with Gasteiger partial charge < -0.3 is 57.8 Å². The summed E-state index contributed by atoms with van der Waals surface area (Å²) in [6, 6.07) is 2.04. The smallest absolute Gasteiger partial charge is 0.176 e. The third-order valence-corrected chi connectivity index (χ3v) is 7.34. The Bertz CT molecular complexity index is 820. The first-order chi connectivity index (χ1) is 16.8. The van der Waals surface area contributed by atoms with E-state index in [1.165, 1.54) is 5.56 Å². The highest BCUT2D eigenvalue weighted by Crippen LogP contribution is 2.29. The van der Waals surface area contributed by atoms with E-state index in [-0.39, 0.29) is 19.2 Å². The second-order valence-electron chi connectivity index (χ2n) is 9.77. The molecule has 11 atom stereocenters. The van der Waals surface area contributed by atoms with Crippen molar-refractivity contribution in [2.45, 2.75) is 92.8 Å². The Morgan fingerprint density at radius 2 is 1.89 bits per heavy atom. The van der Waals surface area contributed by atoms with Gasteiger partial charge in [-0.1, -0.05) is 6.07 Å². The Hall–Kier alpha value is -1.29. The van der Waals surface area contributed by atoms with Crippen molar-refractivity contribution in [3.8, 4) is 0 Å². The Labute approximate surface area is 205 Å². The summed E-state index contributed by atoms with van der Waals surface area (Å²) in [6.45, 7) is 0.782. The maximum absolute atomic E-state index is 10.8. The number of fused-ring (bicyclic) bond motifs is 1. The van der Waals surface area contributed by atoms with Gasteiger partial charge in [-0.05, 0) is 37.3 Å². The first-order valence-corrected chi connectivity index (χ1v) is 12.4. The first-order valence-electron chi connectivity index (χ1n) is 12.4. The number of aromatic nitrogens is 1. The number of hydrogen-bond acceptors (Lipinski definition) is 12. The van der Waals surface area contributed by atoms with Crippen LogP contribution in [0.2, 0.25) is 0 Å². The van der Waals surface area contributed by atoms with Crippen LogP contribution in [-0.4, -0.2) is 101 Å². The zero-order chi connectivity index (χ0) is 25.1. The van der Waals surface area contributed by atoms with E-state index in [1.54, 1.807) is 0 Å². The number of nitrogens with zero attached hydrogens (tertiary/aromatic N) is 1. The largest absolute Gasteiger partial charge is 0.389 e. The summed E-state index contributed by atoms with van der Waals surface area (Å²) in [4.78, 5) is 4.54. The lowest BCUT2D eigenvalue weighted by Gasteiger charge is -2.46. The molecule has 0 radical (unpaired) electrons. The van der Waals surface area contributed by atoms with Gasteiger partial charge in [0.1, 0.15) is 30.5 Å². The number of pyridine rings is 1. The molecular formula is C23H40N6O6. The molecule has 12 nitrogen and oxygen atoms in total. The fraction of sp³-hybridized carbons (Fsp3) is 0.783. The zero-order valence-electron chi connectivity index (χ0n) is 19.9.